The number of aliphatic hydroxyl groups is 1. The molecule has 0 radical (unpaired) electrons. The summed E-state index contributed by atoms with van der Waals surface area (Å²) in [5, 5.41) is 10.7. The molecule has 1 aromatic heterocycles. The highest BCUT2D eigenvalue weighted by Gasteiger charge is 2.21. The van der Waals surface area contributed by atoms with Crippen LogP contribution in [0.3, 0.4) is 0 Å². The lowest BCUT2D eigenvalue weighted by molar-refractivity contribution is 0.203. The third kappa shape index (κ3) is 2.61. The maximum absolute atomic E-state index is 10.7. The second-order valence-electron chi connectivity index (χ2n) is 5.38. The Kier molecular flexibility index (Phi) is 3.83. The number of aliphatic hydroxyl groups excluding tert-OH is 1. The van der Waals surface area contributed by atoms with Gasteiger partial charge in [0.2, 0.25) is 0 Å². The Bertz CT molecular complexity index is 779. The molecule has 0 saturated heterocycles. The SMILES string of the molecule is CC(C)n1c(C(O)c2cccc(Br)c2)nc2ccccc21. The van der Waals surface area contributed by atoms with Crippen molar-refractivity contribution in [1.29, 1.82) is 0 Å². The summed E-state index contributed by atoms with van der Waals surface area (Å²) in [6.45, 7) is 4.20. The molecule has 1 unspecified atom stereocenters. The van der Waals surface area contributed by atoms with Crippen LogP contribution < -0.4 is 0 Å². The molecule has 0 spiro atoms. The third-order valence-electron chi connectivity index (χ3n) is 3.55. The number of rotatable bonds is 3. The second kappa shape index (κ2) is 5.62. The molecule has 108 valence electrons. The van der Waals surface area contributed by atoms with Gasteiger partial charge in [-0.05, 0) is 43.7 Å². The van der Waals surface area contributed by atoms with Crippen LogP contribution in [-0.2, 0) is 0 Å². The number of hydrogen-bond acceptors (Lipinski definition) is 2. The highest BCUT2D eigenvalue weighted by molar-refractivity contribution is 9.10. The molecule has 0 aliphatic rings. The van der Waals surface area contributed by atoms with Gasteiger partial charge in [0.25, 0.3) is 0 Å². The molecular weight excluding hydrogens is 328 g/mol. The smallest absolute Gasteiger partial charge is 0.143 e. The first kappa shape index (κ1) is 14.3. The predicted molar refractivity (Wildman–Crippen MR) is 88.3 cm³/mol. The number of benzene rings is 2. The van der Waals surface area contributed by atoms with Gasteiger partial charge in [0, 0.05) is 10.5 Å². The zero-order valence-corrected chi connectivity index (χ0v) is 13.6. The lowest BCUT2D eigenvalue weighted by Crippen LogP contribution is -2.12. The Morgan fingerprint density at radius 1 is 1.10 bits per heavy atom. The van der Waals surface area contributed by atoms with E-state index in [2.05, 4.69) is 39.3 Å². The van der Waals surface area contributed by atoms with Crippen molar-refractivity contribution in [3.63, 3.8) is 0 Å². The van der Waals surface area contributed by atoms with Gasteiger partial charge in [-0.25, -0.2) is 4.98 Å². The van der Waals surface area contributed by atoms with Crippen LogP contribution >= 0.6 is 15.9 Å². The first-order valence-electron chi connectivity index (χ1n) is 6.98. The van der Waals surface area contributed by atoms with Gasteiger partial charge in [0.05, 0.1) is 11.0 Å². The summed E-state index contributed by atoms with van der Waals surface area (Å²) >= 11 is 3.45. The fourth-order valence-electron chi connectivity index (χ4n) is 2.62. The van der Waals surface area contributed by atoms with Crippen molar-refractivity contribution in [2.45, 2.75) is 26.0 Å². The lowest BCUT2D eigenvalue weighted by Gasteiger charge is -2.17. The van der Waals surface area contributed by atoms with Crippen LogP contribution in [0.4, 0.5) is 0 Å². The highest BCUT2D eigenvalue weighted by Crippen LogP contribution is 2.29. The number of para-hydroxylation sites is 2. The predicted octanol–water partition coefficient (Wildman–Crippen LogP) is 4.46. The van der Waals surface area contributed by atoms with Crippen LogP contribution in [0.5, 0.6) is 0 Å². The maximum Gasteiger partial charge on any atom is 0.143 e. The summed E-state index contributed by atoms with van der Waals surface area (Å²) in [6.07, 6.45) is -0.739. The summed E-state index contributed by atoms with van der Waals surface area (Å²) < 4.78 is 3.05. The average Bonchev–Trinajstić information content (AvgIpc) is 2.85. The summed E-state index contributed by atoms with van der Waals surface area (Å²) in [7, 11) is 0. The molecule has 0 aliphatic carbocycles. The van der Waals surface area contributed by atoms with E-state index in [9.17, 15) is 5.11 Å². The van der Waals surface area contributed by atoms with E-state index < -0.39 is 6.10 Å². The Labute approximate surface area is 132 Å². The fraction of sp³-hybridized carbons (Fsp3) is 0.235. The molecule has 4 heteroatoms. The summed E-state index contributed by atoms with van der Waals surface area (Å²) in [5.74, 6) is 0.685. The van der Waals surface area contributed by atoms with Gasteiger partial charge in [-0.3, -0.25) is 0 Å². The monoisotopic (exact) mass is 344 g/mol. The van der Waals surface area contributed by atoms with Crippen LogP contribution in [0.25, 0.3) is 11.0 Å². The van der Waals surface area contributed by atoms with E-state index >= 15 is 0 Å². The minimum Gasteiger partial charge on any atom is -0.380 e. The largest absolute Gasteiger partial charge is 0.380 e. The molecule has 21 heavy (non-hydrogen) atoms. The molecule has 0 fully saturated rings. The van der Waals surface area contributed by atoms with Crippen molar-refractivity contribution in [3.8, 4) is 0 Å². The van der Waals surface area contributed by atoms with Crippen molar-refractivity contribution in [2.24, 2.45) is 0 Å². The molecule has 1 atom stereocenters. The minimum atomic E-state index is -0.739. The van der Waals surface area contributed by atoms with Gasteiger partial charge in [-0.15, -0.1) is 0 Å². The van der Waals surface area contributed by atoms with E-state index in [-0.39, 0.29) is 6.04 Å². The van der Waals surface area contributed by atoms with Gasteiger partial charge < -0.3 is 9.67 Å². The number of hydrogen-bond donors (Lipinski definition) is 1. The van der Waals surface area contributed by atoms with Gasteiger partial charge in [0.1, 0.15) is 11.9 Å². The van der Waals surface area contributed by atoms with Crippen LogP contribution in [0, 0.1) is 0 Å². The Morgan fingerprint density at radius 3 is 2.57 bits per heavy atom. The molecule has 1 N–H and O–H groups in total. The third-order valence-corrected chi connectivity index (χ3v) is 4.04. The topological polar surface area (TPSA) is 38.0 Å². The molecule has 3 rings (SSSR count). The van der Waals surface area contributed by atoms with E-state index in [0.717, 1.165) is 21.1 Å². The Hall–Kier alpha value is -1.65. The quantitative estimate of drug-likeness (QED) is 0.761. The number of imidazole rings is 1. The van der Waals surface area contributed by atoms with E-state index in [1.165, 1.54) is 0 Å². The lowest BCUT2D eigenvalue weighted by atomic mass is 10.1. The Morgan fingerprint density at radius 2 is 1.86 bits per heavy atom. The molecular formula is C17H17BrN2O. The first-order chi connectivity index (χ1) is 10.1. The van der Waals surface area contributed by atoms with Crippen molar-refractivity contribution < 1.29 is 5.11 Å². The Balaban J connectivity index is 2.17. The first-order valence-corrected chi connectivity index (χ1v) is 7.77. The van der Waals surface area contributed by atoms with Gasteiger partial charge in [0.15, 0.2) is 0 Å². The maximum atomic E-state index is 10.7. The van der Waals surface area contributed by atoms with Crippen LogP contribution in [0.1, 0.15) is 37.4 Å². The normalized spacial score (nSPS) is 13.0. The molecule has 0 aliphatic heterocycles. The number of fused-ring (bicyclic) bond motifs is 1. The molecule has 1 heterocycles. The summed E-state index contributed by atoms with van der Waals surface area (Å²) in [5.41, 5.74) is 2.80. The zero-order chi connectivity index (χ0) is 15.0. The molecule has 0 amide bonds. The van der Waals surface area contributed by atoms with Crippen molar-refractivity contribution in [2.75, 3.05) is 0 Å². The van der Waals surface area contributed by atoms with E-state index in [4.69, 9.17) is 0 Å². The van der Waals surface area contributed by atoms with Gasteiger partial charge in [-0.2, -0.15) is 0 Å². The van der Waals surface area contributed by atoms with Crippen molar-refractivity contribution in [1.82, 2.24) is 9.55 Å². The summed E-state index contributed by atoms with van der Waals surface area (Å²) in [4.78, 5) is 4.64. The molecule has 3 aromatic rings. The van der Waals surface area contributed by atoms with Gasteiger partial charge >= 0.3 is 0 Å². The highest BCUT2D eigenvalue weighted by atomic mass is 79.9. The number of aromatic nitrogens is 2. The molecule has 2 aromatic carbocycles. The molecule has 3 nitrogen and oxygen atoms in total. The fourth-order valence-corrected chi connectivity index (χ4v) is 3.04. The van der Waals surface area contributed by atoms with Crippen LogP contribution in [0.15, 0.2) is 53.0 Å². The van der Waals surface area contributed by atoms with Crippen molar-refractivity contribution >= 4 is 27.0 Å². The van der Waals surface area contributed by atoms with Crippen LogP contribution in [-0.4, -0.2) is 14.7 Å². The van der Waals surface area contributed by atoms with Crippen molar-refractivity contribution in [3.05, 3.63) is 64.4 Å². The number of nitrogens with zero attached hydrogens (tertiary/aromatic N) is 2. The van der Waals surface area contributed by atoms with E-state index in [1.807, 2.05) is 48.5 Å². The molecule has 0 saturated carbocycles. The second-order valence-corrected chi connectivity index (χ2v) is 6.30. The standard InChI is InChI=1S/C17H17BrN2O/c1-11(2)20-15-9-4-3-8-14(15)19-17(20)16(21)12-6-5-7-13(18)10-12/h3-11,16,21H,1-2H3. The summed E-state index contributed by atoms with van der Waals surface area (Å²) in [6, 6.07) is 15.9. The zero-order valence-electron chi connectivity index (χ0n) is 12.0. The van der Waals surface area contributed by atoms with E-state index in [0.29, 0.717) is 5.82 Å². The van der Waals surface area contributed by atoms with Crippen LogP contribution in [0.2, 0.25) is 0 Å². The molecule has 0 bridgehead atoms. The minimum absolute atomic E-state index is 0.231. The average molecular weight is 345 g/mol. The number of halogens is 1. The van der Waals surface area contributed by atoms with Gasteiger partial charge in [-0.1, -0.05) is 40.2 Å². The van der Waals surface area contributed by atoms with E-state index in [1.54, 1.807) is 0 Å².